The molecule has 1 aromatic carbocycles. The second-order valence-corrected chi connectivity index (χ2v) is 5.25. The van der Waals surface area contributed by atoms with Gasteiger partial charge in [-0.15, -0.1) is 5.10 Å². The van der Waals surface area contributed by atoms with E-state index in [0.717, 1.165) is 23.4 Å². The summed E-state index contributed by atoms with van der Waals surface area (Å²) in [6.45, 7) is 3.34. The Morgan fingerprint density at radius 2 is 1.79 bits per heavy atom. The van der Waals surface area contributed by atoms with E-state index >= 15 is 0 Å². The van der Waals surface area contributed by atoms with Crippen LogP contribution in [0.2, 0.25) is 0 Å². The fraction of sp³-hybridized carbons (Fsp3) is 0.375. The Balaban J connectivity index is 1.85. The first-order valence-electron chi connectivity index (χ1n) is 7.17. The van der Waals surface area contributed by atoms with Crippen molar-refractivity contribution in [3.63, 3.8) is 0 Å². The molecule has 0 saturated heterocycles. The van der Waals surface area contributed by atoms with Crippen molar-refractivity contribution >= 4 is 0 Å². The van der Waals surface area contributed by atoms with E-state index in [4.69, 9.17) is 9.47 Å². The summed E-state index contributed by atoms with van der Waals surface area (Å²) in [4.78, 5) is 0. The molecule has 0 amide bonds. The van der Waals surface area contributed by atoms with Gasteiger partial charge in [0.25, 0.3) is 0 Å². The first-order valence-corrected chi connectivity index (χ1v) is 7.17. The van der Waals surface area contributed by atoms with Gasteiger partial charge in [-0.05, 0) is 37.6 Å². The van der Waals surface area contributed by atoms with Gasteiger partial charge in [0, 0.05) is 6.07 Å². The molecular formula is C16H17F3N2O3. The summed E-state index contributed by atoms with van der Waals surface area (Å²) in [6, 6.07) is 6.14. The number of hydrogen-bond donors (Lipinski definition) is 1. The van der Waals surface area contributed by atoms with Crippen LogP contribution in [0.25, 0.3) is 0 Å². The Kier molecular flexibility index (Phi) is 5.61. The summed E-state index contributed by atoms with van der Waals surface area (Å²) in [5.41, 5.74) is 0.863. The standard InChI is InChI=1S/C16H17F3N2O3/c1-10-6-15(21-20-11(10)2)24-9-13(22)8-23-14-5-3-4-12(7-14)16(17,18)19/h3-7,13,22H,8-9H2,1-2H3. The molecule has 2 aromatic rings. The van der Waals surface area contributed by atoms with Crippen LogP contribution in [0, 0.1) is 13.8 Å². The molecule has 1 N–H and O–H groups in total. The molecule has 8 heteroatoms. The van der Waals surface area contributed by atoms with Gasteiger partial charge in [0.05, 0.1) is 11.3 Å². The highest BCUT2D eigenvalue weighted by Crippen LogP contribution is 2.31. The summed E-state index contributed by atoms with van der Waals surface area (Å²) in [6.07, 6.45) is -5.47. The van der Waals surface area contributed by atoms with Crippen molar-refractivity contribution in [3.05, 3.63) is 47.2 Å². The second-order valence-electron chi connectivity index (χ2n) is 5.25. The number of rotatable bonds is 6. The minimum absolute atomic E-state index is 0.0230. The molecule has 1 atom stereocenters. The molecule has 1 heterocycles. The molecule has 1 unspecified atom stereocenters. The number of hydrogen-bond acceptors (Lipinski definition) is 5. The predicted octanol–water partition coefficient (Wildman–Crippen LogP) is 2.93. The van der Waals surface area contributed by atoms with Gasteiger partial charge in [-0.3, -0.25) is 0 Å². The van der Waals surface area contributed by atoms with Crippen LogP contribution < -0.4 is 9.47 Å². The van der Waals surface area contributed by atoms with Crippen molar-refractivity contribution in [1.29, 1.82) is 0 Å². The maximum Gasteiger partial charge on any atom is 0.416 e. The lowest BCUT2D eigenvalue weighted by molar-refractivity contribution is -0.137. The molecule has 0 radical (unpaired) electrons. The first-order chi connectivity index (χ1) is 11.3. The van der Waals surface area contributed by atoms with Gasteiger partial charge in [-0.25, -0.2) is 0 Å². The van der Waals surface area contributed by atoms with E-state index < -0.39 is 17.8 Å². The summed E-state index contributed by atoms with van der Waals surface area (Å²) in [5, 5.41) is 17.5. The van der Waals surface area contributed by atoms with Crippen molar-refractivity contribution in [2.45, 2.75) is 26.1 Å². The first kappa shape index (κ1) is 18.0. The van der Waals surface area contributed by atoms with Crippen LogP contribution in [0.5, 0.6) is 11.6 Å². The van der Waals surface area contributed by atoms with Gasteiger partial charge in [-0.1, -0.05) is 6.07 Å². The van der Waals surface area contributed by atoms with Crippen molar-refractivity contribution < 1.29 is 27.8 Å². The zero-order valence-corrected chi connectivity index (χ0v) is 13.2. The number of halogens is 3. The zero-order chi connectivity index (χ0) is 17.7. The summed E-state index contributed by atoms with van der Waals surface area (Å²) < 4.78 is 48.3. The molecule has 0 aliphatic heterocycles. The molecule has 5 nitrogen and oxygen atoms in total. The fourth-order valence-electron chi connectivity index (χ4n) is 1.78. The Hall–Kier alpha value is -2.35. The lowest BCUT2D eigenvalue weighted by atomic mass is 10.2. The van der Waals surface area contributed by atoms with Gasteiger partial charge < -0.3 is 14.6 Å². The van der Waals surface area contributed by atoms with E-state index in [0.29, 0.717) is 0 Å². The van der Waals surface area contributed by atoms with Gasteiger partial charge in [0.15, 0.2) is 0 Å². The Bertz CT molecular complexity index is 693. The number of aliphatic hydroxyl groups excluding tert-OH is 1. The minimum Gasteiger partial charge on any atom is -0.491 e. The highest BCUT2D eigenvalue weighted by Gasteiger charge is 2.30. The smallest absolute Gasteiger partial charge is 0.416 e. The molecule has 2 rings (SSSR count). The molecule has 0 bridgehead atoms. The second kappa shape index (κ2) is 7.48. The van der Waals surface area contributed by atoms with Crippen molar-refractivity contribution in [3.8, 4) is 11.6 Å². The molecule has 0 aliphatic rings. The molecule has 0 spiro atoms. The molecule has 0 saturated carbocycles. The Morgan fingerprint density at radius 1 is 1.08 bits per heavy atom. The molecule has 0 fully saturated rings. The fourth-order valence-corrected chi connectivity index (χ4v) is 1.78. The van der Waals surface area contributed by atoms with E-state index in [-0.39, 0.29) is 24.8 Å². The number of aliphatic hydroxyl groups is 1. The van der Waals surface area contributed by atoms with Gasteiger partial charge in [0.1, 0.15) is 25.1 Å². The highest BCUT2D eigenvalue weighted by molar-refractivity contribution is 5.30. The van der Waals surface area contributed by atoms with E-state index in [1.165, 1.54) is 12.1 Å². The normalized spacial score (nSPS) is 12.8. The number of ether oxygens (including phenoxy) is 2. The predicted molar refractivity (Wildman–Crippen MR) is 79.9 cm³/mol. The summed E-state index contributed by atoms with van der Waals surface area (Å²) in [5.74, 6) is 0.283. The SMILES string of the molecule is Cc1cc(OCC(O)COc2cccc(C(F)(F)F)c2)nnc1C. The molecular weight excluding hydrogens is 325 g/mol. The highest BCUT2D eigenvalue weighted by atomic mass is 19.4. The largest absolute Gasteiger partial charge is 0.491 e. The maximum absolute atomic E-state index is 12.6. The summed E-state index contributed by atoms with van der Waals surface area (Å²) in [7, 11) is 0. The van der Waals surface area contributed by atoms with Crippen molar-refractivity contribution in [2.75, 3.05) is 13.2 Å². The van der Waals surface area contributed by atoms with Crippen molar-refractivity contribution in [1.82, 2.24) is 10.2 Å². The van der Waals surface area contributed by atoms with E-state index in [1.807, 2.05) is 13.8 Å². The molecule has 0 aliphatic carbocycles. The van der Waals surface area contributed by atoms with Crippen LogP contribution in [-0.2, 0) is 6.18 Å². The van der Waals surface area contributed by atoms with Crippen molar-refractivity contribution in [2.24, 2.45) is 0 Å². The van der Waals surface area contributed by atoms with E-state index in [1.54, 1.807) is 6.07 Å². The zero-order valence-electron chi connectivity index (χ0n) is 13.2. The minimum atomic E-state index is -4.44. The Morgan fingerprint density at radius 3 is 2.46 bits per heavy atom. The van der Waals surface area contributed by atoms with E-state index in [2.05, 4.69) is 10.2 Å². The summed E-state index contributed by atoms with van der Waals surface area (Å²) >= 11 is 0. The maximum atomic E-state index is 12.6. The third-order valence-corrected chi connectivity index (χ3v) is 3.24. The van der Waals surface area contributed by atoms with Gasteiger partial charge in [0.2, 0.25) is 5.88 Å². The van der Waals surface area contributed by atoms with Crippen LogP contribution in [0.15, 0.2) is 30.3 Å². The average molecular weight is 342 g/mol. The lowest BCUT2D eigenvalue weighted by Gasteiger charge is -2.14. The molecule has 130 valence electrons. The van der Waals surface area contributed by atoms with Crippen LogP contribution >= 0.6 is 0 Å². The van der Waals surface area contributed by atoms with E-state index in [9.17, 15) is 18.3 Å². The van der Waals surface area contributed by atoms with Crippen LogP contribution in [-0.4, -0.2) is 34.6 Å². The third kappa shape index (κ3) is 5.09. The number of aromatic nitrogens is 2. The molecule has 24 heavy (non-hydrogen) atoms. The average Bonchev–Trinajstić information content (AvgIpc) is 2.53. The number of benzene rings is 1. The quantitative estimate of drug-likeness (QED) is 0.874. The number of nitrogens with zero attached hydrogens (tertiary/aromatic N) is 2. The monoisotopic (exact) mass is 342 g/mol. The van der Waals surface area contributed by atoms with Gasteiger partial charge in [-0.2, -0.15) is 18.3 Å². The lowest BCUT2D eigenvalue weighted by Crippen LogP contribution is -2.25. The van der Waals surface area contributed by atoms with Crippen LogP contribution in [0.1, 0.15) is 16.8 Å². The topological polar surface area (TPSA) is 64.5 Å². The van der Waals surface area contributed by atoms with Crippen LogP contribution in [0.3, 0.4) is 0 Å². The number of alkyl halides is 3. The Labute approximate surface area is 137 Å². The molecule has 1 aromatic heterocycles. The number of aryl methyl sites for hydroxylation is 2. The van der Waals surface area contributed by atoms with Crippen LogP contribution in [0.4, 0.5) is 13.2 Å². The van der Waals surface area contributed by atoms with Gasteiger partial charge >= 0.3 is 6.18 Å². The third-order valence-electron chi connectivity index (χ3n) is 3.24.